The molecular weight excluding hydrogens is 421 g/mol. The van der Waals surface area contributed by atoms with Crippen LogP contribution in [0.4, 0.5) is 21.9 Å². The van der Waals surface area contributed by atoms with Gasteiger partial charge < -0.3 is 24.0 Å². The summed E-state index contributed by atoms with van der Waals surface area (Å²) >= 11 is 0. The van der Waals surface area contributed by atoms with Crippen LogP contribution in [-0.4, -0.2) is 54.3 Å². The molecule has 1 aliphatic heterocycles. The molecule has 172 valence electrons. The Morgan fingerprint density at radius 3 is 2.88 bits per heavy atom. The molecule has 7 nitrogen and oxygen atoms in total. The third-order valence-electron chi connectivity index (χ3n) is 6.90. The number of anilines is 3. The van der Waals surface area contributed by atoms with Crippen molar-refractivity contribution in [2.75, 3.05) is 37.4 Å². The van der Waals surface area contributed by atoms with Gasteiger partial charge in [-0.25, -0.2) is 4.39 Å². The molecule has 1 saturated heterocycles. The number of hydrogen-bond acceptors (Lipinski definition) is 7. The highest BCUT2D eigenvalue weighted by molar-refractivity contribution is 5.83. The number of fused-ring (bicyclic) bond motifs is 4. The molecule has 2 atom stereocenters. The van der Waals surface area contributed by atoms with Crippen LogP contribution in [0.15, 0.2) is 39.2 Å². The number of oxazole rings is 1. The highest BCUT2D eigenvalue weighted by atomic mass is 19.1. The van der Waals surface area contributed by atoms with E-state index in [0.717, 1.165) is 54.6 Å². The number of piperidine rings is 1. The standard InChI is InChI=1S/C25H28FN5O2/c1-30(2)17-6-9-21-19(13-17)18-7-10-23(29-24(18)32-21)27-16-5-8-20-22(12-16)33-25(28-20)31-11-3-4-15(26)14-31/h5,7-8,10,12,15,17H,3-4,6,9,11,13-14H2,1-2H3,(H,27,29)/t15-,17?/m1/s1. The van der Waals surface area contributed by atoms with Gasteiger partial charge in [-0.2, -0.15) is 9.97 Å². The second-order valence-corrected chi connectivity index (χ2v) is 9.40. The van der Waals surface area contributed by atoms with E-state index in [1.807, 2.05) is 29.2 Å². The number of benzene rings is 1. The maximum atomic E-state index is 13.8. The second-order valence-electron chi connectivity index (χ2n) is 9.40. The highest BCUT2D eigenvalue weighted by Gasteiger charge is 2.26. The van der Waals surface area contributed by atoms with Crippen LogP contribution in [0.5, 0.6) is 0 Å². The van der Waals surface area contributed by atoms with Crippen LogP contribution in [0.2, 0.25) is 0 Å². The molecule has 0 radical (unpaired) electrons. The van der Waals surface area contributed by atoms with E-state index in [9.17, 15) is 4.39 Å². The predicted octanol–water partition coefficient (Wildman–Crippen LogP) is 5.07. The molecule has 8 heteroatoms. The lowest BCUT2D eigenvalue weighted by Gasteiger charge is -2.27. The third-order valence-corrected chi connectivity index (χ3v) is 6.90. The number of hydrogen-bond donors (Lipinski definition) is 1. The lowest BCUT2D eigenvalue weighted by atomic mass is 9.91. The Bertz CT molecular complexity index is 1310. The van der Waals surface area contributed by atoms with Gasteiger partial charge in [-0.3, -0.25) is 0 Å². The van der Waals surface area contributed by atoms with Crippen LogP contribution in [0.25, 0.3) is 22.2 Å². The summed E-state index contributed by atoms with van der Waals surface area (Å²) in [5.74, 6) is 1.78. The Hall–Kier alpha value is -3.13. The summed E-state index contributed by atoms with van der Waals surface area (Å²) in [6, 6.07) is 10.9. The topological polar surface area (TPSA) is 70.6 Å². The van der Waals surface area contributed by atoms with Gasteiger partial charge in [0.15, 0.2) is 5.58 Å². The molecule has 2 aliphatic rings. The number of halogens is 1. The molecule has 0 spiro atoms. The molecule has 1 unspecified atom stereocenters. The largest absolute Gasteiger partial charge is 0.442 e. The fourth-order valence-electron chi connectivity index (χ4n) is 5.02. The van der Waals surface area contributed by atoms with Crippen molar-refractivity contribution in [3.05, 3.63) is 41.7 Å². The summed E-state index contributed by atoms with van der Waals surface area (Å²) in [4.78, 5) is 13.4. The Labute approximate surface area is 191 Å². The molecule has 4 heterocycles. The first kappa shape index (κ1) is 20.5. The molecular formula is C25H28FN5O2. The smallest absolute Gasteiger partial charge is 0.298 e. The van der Waals surface area contributed by atoms with Crippen molar-refractivity contribution >= 4 is 39.7 Å². The monoisotopic (exact) mass is 449 g/mol. The third kappa shape index (κ3) is 3.82. The van der Waals surface area contributed by atoms with Gasteiger partial charge in [-0.05, 0) is 64.0 Å². The van der Waals surface area contributed by atoms with Crippen molar-refractivity contribution < 1.29 is 13.2 Å². The average molecular weight is 450 g/mol. The van der Waals surface area contributed by atoms with Crippen LogP contribution in [-0.2, 0) is 12.8 Å². The zero-order chi connectivity index (χ0) is 22.5. The SMILES string of the molecule is CN(C)C1CCc2oc3nc(Nc4ccc5nc(N6CCC[C@@H](F)C6)oc5c4)ccc3c2C1. The molecule has 3 aromatic heterocycles. The minimum Gasteiger partial charge on any atom is -0.442 e. The van der Waals surface area contributed by atoms with Gasteiger partial charge in [0, 0.05) is 41.7 Å². The Morgan fingerprint density at radius 1 is 1.12 bits per heavy atom. The van der Waals surface area contributed by atoms with E-state index < -0.39 is 6.17 Å². The van der Waals surface area contributed by atoms with Gasteiger partial charge in [0.25, 0.3) is 6.01 Å². The number of rotatable bonds is 4. The Morgan fingerprint density at radius 2 is 2.03 bits per heavy atom. The quantitative estimate of drug-likeness (QED) is 0.466. The van der Waals surface area contributed by atoms with E-state index in [0.29, 0.717) is 42.1 Å². The number of pyridine rings is 1. The van der Waals surface area contributed by atoms with Gasteiger partial charge in [0.2, 0.25) is 5.71 Å². The second kappa shape index (κ2) is 8.02. The average Bonchev–Trinajstić information content (AvgIpc) is 3.39. The van der Waals surface area contributed by atoms with E-state index in [4.69, 9.17) is 13.8 Å². The fraction of sp³-hybridized carbons (Fsp3) is 0.440. The van der Waals surface area contributed by atoms with Crippen LogP contribution >= 0.6 is 0 Å². The fourth-order valence-corrected chi connectivity index (χ4v) is 5.02. The molecule has 1 aromatic carbocycles. The normalized spacial score (nSPS) is 21.2. The first-order valence-corrected chi connectivity index (χ1v) is 11.7. The molecule has 1 aliphatic carbocycles. The molecule has 0 bridgehead atoms. The maximum Gasteiger partial charge on any atom is 0.298 e. The highest BCUT2D eigenvalue weighted by Crippen LogP contribution is 2.34. The number of nitrogens with one attached hydrogen (secondary N) is 1. The molecule has 0 saturated carbocycles. The van der Waals surface area contributed by atoms with E-state index in [1.165, 1.54) is 5.56 Å². The zero-order valence-corrected chi connectivity index (χ0v) is 19.0. The zero-order valence-electron chi connectivity index (χ0n) is 19.0. The van der Waals surface area contributed by atoms with Gasteiger partial charge in [-0.15, -0.1) is 0 Å². The maximum absolute atomic E-state index is 13.8. The minimum absolute atomic E-state index is 0.338. The summed E-state index contributed by atoms with van der Waals surface area (Å²) in [5, 5.41) is 4.45. The van der Waals surface area contributed by atoms with E-state index in [1.54, 1.807) is 0 Å². The van der Waals surface area contributed by atoms with Gasteiger partial charge >= 0.3 is 0 Å². The molecule has 0 amide bonds. The predicted molar refractivity (Wildman–Crippen MR) is 127 cm³/mol. The first-order chi connectivity index (χ1) is 16.0. The number of aryl methyl sites for hydroxylation is 1. The number of nitrogens with zero attached hydrogens (tertiary/aromatic N) is 4. The number of furan rings is 1. The van der Waals surface area contributed by atoms with Gasteiger partial charge in [0.05, 0.1) is 6.54 Å². The summed E-state index contributed by atoms with van der Waals surface area (Å²) in [6.07, 6.45) is 3.64. The van der Waals surface area contributed by atoms with E-state index >= 15 is 0 Å². The van der Waals surface area contributed by atoms with Crippen molar-refractivity contribution in [1.82, 2.24) is 14.9 Å². The van der Waals surface area contributed by atoms with Crippen molar-refractivity contribution in [3.63, 3.8) is 0 Å². The van der Waals surface area contributed by atoms with E-state index in [2.05, 4.69) is 35.4 Å². The number of likely N-dealkylation sites (N-methyl/N-ethyl adjacent to an activating group) is 1. The number of aromatic nitrogens is 2. The molecule has 1 N–H and O–H groups in total. The van der Waals surface area contributed by atoms with Crippen molar-refractivity contribution in [1.29, 1.82) is 0 Å². The lowest BCUT2D eigenvalue weighted by molar-refractivity contribution is 0.260. The molecule has 33 heavy (non-hydrogen) atoms. The van der Waals surface area contributed by atoms with Gasteiger partial charge in [0.1, 0.15) is 23.3 Å². The summed E-state index contributed by atoms with van der Waals surface area (Å²) in [7, 11) is 4.27. The molecule has 6 rings (SSSR count). The Balaban J connectivity index is 1.24. The van der Waals surface area contributed by atoms with Crippen LogP contribution < -0.4 is 10.2 Å². The van der Waals surface area contributed by atoms with Crippen molar-refractivity contribution in [3.8, 4) is 0 Å². The van der Waals surface area contributed by atoms with Crippen LogP contribution in [0.1, 0.15) is 30.6 Å². The summed E-state index contributed by atoms with van der Waals surface area (Å²) < 4.78 is 25.9. The minimum atomic E-state index is -0.826. The van der Waals surface area contributed by atoms with Crippen LogP contribution in [0, 0.1) is 0 Å². The molecule has 1 fully saturated rings. The Kier molecular flexibility index (Phi) is 4.98. The van der Waals surface area contributed by atoms with E-state index in [-0.39, 0.29) is 0 Å². The molecule has 4 aromatic rings. The summed E-state index contributed by atoms with van der Waals surface area (Å²) in [5.41, 5.74) is 4.24. The number of alkyl halides is 1. The summed E-state index contributed by atoms with van der Waals surface area (Å²) in [6.45, 7) is 1.11. The van der Waals surface area contributed by atoms with Crippen molar-refractivity contribution in [2.45, 2.75) is 44.3 Å². The first-order valence-electron chi connectivity index (χ1n) is 11.7. The van der Waals surface area contributed by atoms with Crippen LogP contribution in [0.3, 0.4) is 0 Å². The lowest BCUT2D eigenvalue weighted by Crippen LogP contribution is -2.36. The van der Waals surface area contributed by atoms with Gasteiger partial charge in [-0.1, -0.05) is 0 Å². The van der Waals surface area contributed by atoms with Crippen molar-refractivity contribution in [2.24, 2.45) is 0 Å².